The minimum atomic E-state index is -4.78. The number of alkyl halides is 3. The van der Waals surface area contributed by atoms with Gasteiger partial charge in [-0.3, -0.25) is 4.90 Å². The van der Waals surface area contributed by atoms with E-state index in [0.717, 1.165) is 25.3 Å². The summed E-state index contributed by atoms with van der Waals surface area (Å²) in [6, 6.07) is 11.1. The fourth-order valence-corrected chi connectivity index (χ4v) is 6.65. The number of likely N-dealkylation sites (tertiary alicyclic amines) is 1. The van der Waals surface area contributed by atoms with E-state index in [0.29, 0.717) is 35.8 Å². The van der Waals surface area contributed by atoms with Crippen LogP contribution < -0.4 is 0 Å². The normalized spacial score (nSPS) is 24.1. The number of fused-ring (bicyclic) bond motifs is 2. The lowest BCUT2D eigenvalue weighted by atomic mass is 9.93. The van der Waals surface area contributed by atoms with Crippen molar-refractivity contribution in [3.05, 3.63) is 58.6 Å². The fraction of sp³-hybridized carbons (Fsp3) is 0.478. The standard InChI is InChI=1S/C23H26ClF3N2O3S/c1-22(30,23(25,26)27)17-6-4-16(5-7-17)20-10-3-15(11-21(20)24)12-28-13-18-8-9-19(14-28)29(18)33(2,31)32/h3-7,10-11,18-19,30H,8-9,12-14H2,1-2H3. The monoisotopic (exact) mass is 502 g/mol. The molecule has 180 valence electrons. The van der Waals surface area contributed by atoms with Gasteiger partial charge in [-0.05, 0) is 42.5 Å². The van der Waals surface area contributed by atoms with Crippen molar-refractivity contribution < 1.29 is 26.7 Å². The lowest BCUT2D eigenvalue weighted by molar-refractivity contribution is -0.258. The topological polar surface area (TPSA) is 60.9 Å². The Labute approximate surface area is 196 Å². The molecular weight excluding hydrogens is 477 g/mol. The van der Waals surface area contributed by atoms with Gasteiger partial charge in [0.05, 0.1) is 6.26 Å². The van der Waals surface area contributed by atoms with Gasteiger partial charge in [0.15, 0.2) is 5.60 Å². The molecule has 2 aromatic carbocycles. The smallest absolute Gasteiger partial charge is 0.376 e. The summed E-state index contributed by atoms with van der Waals surface area (Å²) in [5.74, 6) is 0. The van der Waals surface area contributed by atoms with Crippen LogP contribution in [0.1, 0.15) is 30.9 Å². The molecule has 2 aliphatic heterocycles. The summed E-state index contributed by atoms with van der Waals surface area (Å²) in [7, 11) is -3.21. The number of halogens is 4. The Hall–Kier alpha value is -1.65. The van der Waals surface area contributed by atoms with Crippen molar-refractivity contribution in [1.29, 1.82) is 0 Å². The highest BCUT2D eigenvalue weighted by molar-refractivity contribution is 7.88. The van der Waals surface area contributed by atoms with Crippen LogP contribution in [0.3, 0.4) is 0 Å². The molecule has 2 saturated heterocycles. The number of hydrogen-bond donors (Lipinski definition) is 1. The first kappa shape index (κ1) is 24.5. The summed E-state index contributed by atoms with van der Waals surface area (Å²) in [5, 5.41) is 10.3. The maximum absolute atomic E-state index is 13.1. The zero-order valence-electron chi connectivity index (χ0n) is 18.3. The second-order valence-electron chi connectivity index (χ2n) is 9.13. The molecule has 2 aromatic rings. The summed E-state index contributed by atoms with van der Waals surface area (Å²) in [6.45, 7) is 2.71. The van der Waals surface area contributed by atoms with Crippen molar-refractivity contribution in [2.24, 2.45) is 0 Å². The third-order valence-corrected chi connectivity index (χ3v) is 8.30. The molecule has 2 aliphatic rings. The maximum atomic E-state index is 13.1. The van der Waals surface area contributed by atoms with E-state index in [1.165, 1.54) is 30.5 Å². The summed E-state index contributed by atoms with van der Waals surface area (Å²) >= 11 is 6.50. The van der Waals surface area contributed by atoms with E-state index in [1.807, 2.05) is 18.2 Å². The van der Waals surface area contributed by atoms with E-state index >= 15 is 0 Å². The number of nitrogens with zero attached hydrogens (tertiary/aromatic N) is 2. The van der Waals surface area contributed by atoms with E-state index in [-0.39, 0.29) is 17.6 Å². The number of rotatable bonds is 5. The van der Waals surface area contributed by atoms with Gasteiger partial charge >= 0.3 is 6.18 Å². The molecule has 4 rings (SSSR count). The molecule has 0 saturated carbocycles. The molecular formula is C23H26ClF3N2O3S. The molecule has 2 heterocycles. The van der Waals surface area contributed by atoms with Gasteiger partial charge in [0.25, 0.3) is 0 Å². The van der Waals surface area contributed by atoms with Crippen molar-refractivity contribution in [2.75, 3.05) is 19.3 Å². The molecule has 0 radical (unpaired) electrons. The molecule has 5 nitrogen and oxygen atoms in total. The van der Waals surface area contributed by atoms with Crippen molar-refractivity contribution in [3.63, 3.8) is 0 Å². The number of aliphatic hydroxyl groups is 1. The third-order valence-electron chi connectivity index (χ3n) is 6.62. The molecule has 0 spiro atoms. The summed E-state index contributed by atoms with van der Waals surface area (Å²) in [6.07, 6.45) is -1.78. The molecule has 2 bridgehead atoms. The van der Waals surface area contributed by atoms with Crippen LogP contribution in [-0.4, -0.2) is 60.3 Å². The number of hydrogen-bond acceptors (Lipinski definition) is 4. The zero-order chi connectivity index (χ0) is 24.2. The van der Waals surface area contributed by atoms with Gasteiger partial charge in [0.1, 0.15) is 0 Å². The molecule has 33 heavy (non-hydrogen) atoms. The van der Waals surface area contributed by atoms with Gasteiger partial charge in [0, 0.05) is 42.3 Å². The SMILES string of the molecule is CC(O)(c1ccc(-c2ccc(CN3CC4CCC(C3)N4S(C)(=O)=O)cc2Cl)cc1)C(F)(F)F. The van der Waals surface area contributed by atoms with E-state index in [1.54, 1.807) is 4.31 Å². The van der Waals surface area contributed by atoms with Crippen LogP contribution in [0.25, 0.3) is 11.1 Å². The van der Waals surface area contributed by atoms with Crippen molar-refractivity contribution in [2.45, 2.75) is 50.2 Å². The summed E-state index contributed by atoms with van der Waals surface area (Å²) in [5.41, 5.74) is -0.865. The molecule has 2 fully saturated rings. The number of piperazine rings is 1. The average molecular weight is 503 g/mol. The van der Waals surface area contributed by atoms with Crippen LogP contribution in [0.5, 0.6) is 0 Å². The van der Waals surface area contributed by atoms with Crippen molar-refractivity contribution >= 4 is 21.6 Å². The van der Waals surface area contributed by atoms with Crippen LogP contribution in [0.15, 0.2) is 42.5 Å². The molecule has 0 aromatic heterocycles. The second-order valence-corrected chi connectivity index (χ2v) is 11.4. The molecule has 10 heteroatoms. The van der Waals surface area contributed by atoms with Crippen LogP contribution in [0.2, 0.25) is 5.02 Å². The second kappa shape index (κ2) is 8.53. The third kappa shape index (κ3) is 4.79. The lowest BCUT2D eigenvalue weighted by Crippen LogP contribution is -2.54. The van der Waals surface area contributed by atoms with Gasteiger partial charge in [-0.1, -0.05) is 48.0 Å². The maximum Gasteiger partial charge on any atom is 0.421 e. The van der Waals surface area contributed by atoms with E-state index < -0.39 is 21.8 Å². The Morgan fingerprint density at radius 3 is 2.12 bits per heavy atom. The summed E-state index contributed by atoms with van der Waals surface area (Å²) < 4.78 is 65.0. The van der Waals surface area contributed by atoms with Crippen LogP contribution in [0, 0.1) is 0 Å². The number of sulfonamides is 1. The zero-order valence-corrected chi connectivity index (χ0v) is 19.9. The fourth-order valence-electron chi connectivity index (χ4n) is 4.91. The average Bonchev–Trinajstić information content (AvgIpc) is 2.99. The van der Waals surface area contributed by atoms with Gasteiger partial charge in [-0.25, -0.2) is 8.42 Å². The van der Waals surface area contributed by atoms with Gasteiger partial charge < -0.3 is 5.11 Å². The first-order valence-corrected chi connectivity index (χ1v) is 12.9. The van der Waals surface area contributed by atoms with Crippen LogP contribution in [0.4, 0.5) is 13.2 Å². The van der Waals surface area contributed by atoms with Gasteiger partial charge in [-0.15, -0.1) is 0 Å². The first-order chi connectivity index (χ1) is 15.3. The van der Waals surface area contributed by atoms with E-state index in [2.05, 4.69) is 4.90 Å². The minimum Gasteiger partial charge on any atom is -0.376 e. The van der Waals surface area contributed by atoms with Crippen molar-refractivity contribution in [1.82, 2.24) is 9.21 Å². The quantitative estimate of drug-likeness (QED) is 0.659. The number of benzene rings is 2. The van der Waals surface area contributed by atoms with E-state index in [9.17, 15) is 26.7 Å². The predicted molar refractivity (Wildman–Crippen MR) is 121 cm³/mol. The Kier molecular flexibility index (Phi) is 6.33. The Balaban J connectivity index is 1.47. The largest absolute Gasteiger partial charge is 0.421 e. The Bertz CT molecular complexity index is 1120. The molecule has 3 unspecified atom stereocenters. The minimum absolute atomic E-state index is 0.000850. The van der Waals surface area contributed by atoms with E-state index in [4.69, 9.17) is 11.6 Å². The molecule has 1 N–H and O–H groups in total. The highest BCUT2D eigenvalue weighted by Gasteiger charge is 2.51. The molecule has 0 aliphatic carbocycles. The van der Waals surface area contributed by atoms with Crippen LogP contribution in [-0.2, 0) is 22.2 Å². The first-order valence-electron chi connectivity index (χ1n) is 10.7. The Morgan fingerprint density at radius 1 is 1.06 bits per heavy atom. The highest BCUT2D eigenvalue weighted by Crippen LogP contribution is 2.39. The predicted octanol–water partition coefficient (Wildman–Crippen LogP) is 4.39. The molecule has 0 amide bonds. The van der Waals surface area contributed by atoms with Crippen LogP contribution >= 0.6 is 11.6 Å². The molecule has 3 atom stereocenters. The van der Waals surface area contributed by atoms with Gasteiger partial charge in [-0.2, -0.15) is 17.5 Å². The van der Waals surface area contributed by atoms with Gasteiger partial charge in [0.2, 0.25) is 10.0 Å². The van der Waals surface area contributed by atoms with Crippen molar-refractivity contribution in [3.8, 4) is 11.1 Å². The lowest BCUT2D eigenvalue weighted by Gasteiger charge is -2.39. The summed E-state index contributed by atoms with van der Waals surface area (Å²) in [4.78, 5) is 2.24. The Morgan fingerprint density at radius 2 is 1.64 bits per heavy atom. The highest BCUT2D eigenvalue weighted by atomic mass is 35.5.